The summed E-state index contributed by atoms with van der Waals surface area (Å²) in [7, 11) is -3.74. The minimum atomic E-state index is -3.74. The Bertz CT molecular complexity index is 876. The van der Waals surface area contributed by atoms with E-state index in [0.717, 1.165) is 31.7 Å². The second kappa shape index (κ2) is 8.44. The highest BCUT2D eigenvalue weighted by Gasteiger charge is 2.27. The third kappa shape index (κ3) is 4.61. The highest BCUT2D eigenvalue weighted by molar-refractivity contribution is 7.89. The fourth-order valence-corrected chi connectivity index (χ4v) is 4.60. The van der Waals surface area contributed by atoms with Gasteiger partial charge < -0.3 is 5.32 Å². The average molecular weight is 394 g/mol. The normalized spacial score (nSPS) is 16.0. The number of nitro benzene ring substituents is 1. The summed E-state index contributed by atoms with van der Waals surface area (Å²) in [5, 5.41) is 21.9. The second-order valence-corrected chi connectivity index (χ2v) is 8.29. The Labute approximate surface area is 157 Å². The van der Waals surface area contributed by atoms with Crippen molar-refractivity contribution < 1.29 is 13.3 Å². The number of hydrogen-bond acceptors (Lipinski definition) is 7. The molecule has 0 unspecified atom stereocenters. The van der Waals surface area contributed by atoms with E-state index < -0.39 is 14.9 Å². The van der Waals surface area contributed by atoms with Crippen LogP contribution in [0.25, 0.3) is 0 Å². The maximum absolute atomic E-state index is 12.9. The van der Waals surface area contributed by atoms with Crippen LogP contribution < -0.4 is 5.32 Å². The number of nitrogens with one attached hydrogen (secondary N) is 1. The molecule has 2 heterocycles. The molecule has 2 aromatic rings. The van der Waals surface area contributed by atoms with Crippen molar-refractivity contribution in [1.29, 1.82) is 0 Å². The van der Waals surface area contributed by atoms with Crippen LogP contribution in [0.4, 0.5) is 11.4 Å². The molecule has 1 saturated heterocycles. The molecule has 0 saturated carbocycles. The van der Waals surface area contributed by atoms with E-state index in [0.29, 0.717) is 26.2 Å². The van der Waals surface area contributed by atoms with Gasteiger partial charge in [0.05, 0.1) is 22.6 Å². The lowest BCUT2D eigenvalue weighted by molar-refractivity contribution is -0.384. The Morgan fingerprint density at radius 1 is 1.19 bits per heavy atom. The molecule has 0 atom stereocenters. The molecule has 1 aliphatic rings. The minimum absolute atomic E-state index is 0.0436. The Balaban J connectivity index is 1.78. The number of benzene rings is 1. The van der Waals surface area contributed by atoms with Crippen LogP contribution in [0.15, 0.2) is 35.5 Å². The Morgan fingerprint density at radius 2 is 1.93 bits per heavy atom. The summed E-state index contributed by atoms with van der Waals surface area (Å²) in [4.78, 5) is 10.8. The zero-order valence-corrected chi connectivity index (χ0v) is 15.6. The zero-order chi connectivity index (χ0) is 19.3. The molecule has 27 heavy (non-hydrogen) atoms. The van der Waals surface area contributed by atoms with E-state index in [1.807, 2.05) is 0 Å². The smallest absolute Gasteiger partial charge is 0.293 e. The maximum atomic E-state index is 12.9. The van der Waals surface area contributed by atoms with Crippen LogP contribution >= 0.6 is 0 Å². The summed E-state index contributed by atoms with van der Waals surface area (Å²) in [5.41, 5.74) is 0.0134. The van der Waals surface area contributed by atoms with Crippen LogP contribution in [0.3, 0.4) is 0 Å². The van der Waals surface area contributed by atoms with Crippen LogP contribution in [-0.4, -0.2) is 52.3 Å². The van der Waals surface area contributed by atoms with Crippen molar-refractivity contribution in [1.82, 2.24) is 19.3 Å². The van der Waals surface area contributed by atoms with E-state index >= 15 is 0 Å². The first-order valence-electron chi connectivity index (χ1n) is 8.85. The first-order chi connectivity index (χ1) is 13.0. The molecule has 1 aliphatic heterocycles. The Hall–Kier alpha value is -2.53. The van der Waals surface area contributed by atoms with Gasteiger partial charge in [0, 0.05) is 31.9 Å². The van der Waals surface area contributed by atoms with Gasteiger partial charge in [-0.3, -0.25) is 14.8 Å². The number of hydrogen-bond donors (Lipinski definition) is 1. The van der Waals surface area contributed by atoms with Crippen LogP contribution in [0.2, 0.25) is 0 Å². The topological polar surface area (TPSA) is 123 Å². The third-order valence-electron chi connectivity index (χ3n) is 4.50. The monoisotopic (exact) mass is 394 g/mol. The third-order valence-corrected chi connectivity index (χ3v) is 6.39. The molecule has 1 fully saturated rings. The molecule has 0 radical (unpaired) electrons. The van der Waals surface area contributed by atoms with E-state index in [1.165, 1.54) is 16.4 Å². The second-order valence-electron chi connectivity index (χ2n) is 6.35. The summed E-state index contributed by atoms with van der Waals surface area (Å²) >= 11 is 0. The summed E-state index contributed by atoms with van der Waals surface area (Å²) in [6.07, 6.45) is 6.85. The van der Waals surface area contributed by atoms with Gasteiger partial charge >= 0.3 is 0 Å². The lowest BCUT2D eigenvalue weighted by atomic mass is 10.2. The van der Waals surface area contributed by atoms with Crippen molar-refractivity contribution in [2.75, 3.05) is 25.0 Å². The molecule has 0 amide bonds. The van der Waals surface area contributed by atoms with Gasteiger partial charge in [-0.15, -0.1) is 5.10 Å². The molecule has 0 bridgehead atoms. The van der Waals surface area contributed by atoms with Crippen LogP contribution in [0, 0.1) is 10.1 Å². The first kappa shape index (κ1) is 19.2. The van der Waals surface area contributed by atoms with Gasteiger partial charge in [0.1, 0.15) is 5.69 Å². The van der Waals surface area contributed by atoms with Gasteiger partial charge in [-0.05, 0) is 25.0 Å². The quantitative estimate of drug-likeness (QED) is 0.561. The highest BCUT2D eigenvalue weighted by Crippen LogP contribution is 2.29. The number of anilines is 1. The van der Waals surface area contributed by atoms with Gasteiger partial charge in [-0.2, -0.15) is 4.31 Å². The maximum Gasteiger partial charge on any atom is 0.293 e. The molecule has 1 N–H and O–H groups in total. The molecule has 11 heteroatoms. The Kier molecular flexibility index (Phi) is 6.01. The molecule has 1 aromatic carbocycles. The molecule has 146 valence electrons. The summed E-state index contributed by atoms with van der Waals surface area (Å²) in [5.74, 6) is 0. The van der Waals surface area contributed by atoms with E-state index in [9.17, 15) is 18.5 Å². The van der Waals surface area contributed by atoms with Crippen LogP contribution in [0.1, 0.15) is 25.7 Å². The number of nitro groups is 1. The van der Waals surface area contributed by atoms with Crippen LogP contribution in [-0.2, 0) is 16.6 Å². The van der Waals surface area contributed by atoms with Crippen molar-refractivity contribution in [2.24, 2.45) is 0 Å². The number of nitrogens with zero attached hydrogens (tertiary/aromatic N) is 5. The van der Waals surface area contributed by atoms with E-state index in [-0.39, 0.29) is 16.3 Å². The zero-order valence-electron chi connectivity index (χ0n) is 14.8. The summed E-state index contributed by atoms with van der Waals surface area (Å²) in [6.45, 7) is 1.77. The summed E-state index contributed by atoms with van der Waals surface area (Å²) in [6, 6.07) is 4.01. The van der Waals surface area contributed by atoms with Gasteiger partial charge in [0.2, 0.25) is 10.0 Å². The van der Waals surface area contributed by atoms with Crippen molar-refractivity contribution >= 4 is 21.4 Å². The molecule has 10 nitrogen and oxygen atoms in total. The average Bonchev–Trinajstić information content (AvgIpc) is 3.00. The molecule has 1 aromatic heterocycles. The van der Waals surface area contributed by atoms with Crippen molar-refractivity contribution in [3.05, 3.63) is 40.7 Å². The van der Waals surface area contributed by atoms with Gasteiger partial charge in [-0.1, -0.05) is 18.1 Å². The van der Waals surface area contributed by atoms with E-state index in [2.05, 4.69) is 15.6 Å². The summed E-state index contributed by atoms with van der Waals surface area (Å²) < 4.78 is 28.7. The van der Waals surface area contributed by atoms with Crippen molar-refractivity contribution in [3.63, 3.8) is 0 Å². The van der Waals surface area contributed by atoms with Gasteiger partial charge in [-0.25, -0.2) is 8.42 Å². The fraction of sp³-hybridized carbons (Fsp3) is 0.500. The molecule has 3 rings (SSSR count). The molecular weight excluding hydrogens is 372 g/mol. The van der Waals surface area contributed by atoms with Crippen LogP contribution in [0.5, 0.6) is 0 Å². The lowest BCUT2D eigenvalue weighted by Gasteiger charge is -2.20. The standard InChI is InChI=1S/C16H22N6O4S/c23-22(24)16-13-14(27(25,26)21-9-3-1-2-4-10-21)5-6-15(16)17-7-11-20-12-8-18-19-20/h5-6,8,12-13,17H,1-4,7,9-11H2. The molecular formula is C16H22N6O4S. The van der Waals surface area contributed by atoms with Crippen molar-refractivity contribution in [2.45, 2.75) is 37.1 Å². The minimum Gasteiger partial charge on any atom is -0.378 e. The Morgan fingerprint density at radius 3 is 2.56 bits per heavy atom. The largest absolute Gasteiger partial charge is 0.378 e. The number of aromatic nitrogens is 3. The number of rotatable bonds is 7. The SMILES string of the molecule is O=[N+]([O-])c1cc(S(=O)(=O)N2CCCCCC2)ccc1NCCn1ccnn1. The predicted molar refractivity (Wildman–Crippen MR) is 98.8 cm³/mol. The predicted octanol–water partition coefficient (Wildman–Crippen LogP) is 1.86. The first-order valence-corrected chi connectivity index (χ1v) is 10.3. The van der Waals surface area contributed by atoms with Gasteiger partial charge in [0.25, 0.3) is 5.69 Å². The van der Waals surface area contributed by atoms with Crippen molar-refractivity contribution in [3.8, 4) is 0 Å². The number of sulfonamides is 1. The van der Waals surface area contributed by atoms with E-state index in [1.54, 1.807) is 17.1 Å². The molecule has 0 aliphatic carbocycles. The lowest BCUT2D eigenvalue weighted by Crippen LogP contribution is -2.32. The van der Waals surface area contributed by atoms with E-state index in [4.69, 9.17) is 0 Å². The highest BCUT2D eigenvalue weighted by atomic mass is 32.2. The molecule has 0 spiro atoms. The fourth-order valence-electron chi connectivity index (χ4n) is 3.06. The van der Waals surface area contributed by atoms with Gasteiger partial charge in [0.15, 0.2) is 0 Å².